The maximum Gasteiger partial charge on any atom is 0.397 e. The summed E-state index contributed by atoms with van der Waals surface area (Å²) in [5, 5.41) is 20.4. The van der Waals surface area contributed by atoms with Gasteiger partial charge in [-0.3, -0.25) is 18.2 Å². The Kier molecular flexibility index (Phi) is 12.1. The Morgan fingerprint density at radius 2 is 1.31 bits per heavy atom. The molecule has 0 spiro atoms. The molecule has 24 nitrogen and oxygen atoms in total. The van der Waals surface area contributed by atoms with Crippen molar-refractivity contribution in [1.82, 2.24) is 4.72 Å². The number of methoxy groups -OCH3 is 2. The monoisotopic (exact) mass is 703 g/mol. The molecule has 0 saturated carbocycles. The number of hydrogen-bond donors (Lipinski definition) is 7. The minimum atomic E-state index is -5.57. The van der Waals surface area contributed by atoms with Crippen LogP contribution in [0.15, 0.2) is 0 Å². The quantitative estimate of drug-likeness (QED) is 0.0831. The molecule has 248 valence electrons. The molecule has 2 heterocycles. The van der Waals surface area contributed by atoms with Gasteiger partial charge in [-0.2, -0.15) is 38.4 Å². The van der Waals surface area contributed by atoms with Crippen LogP contribution in [0.25, 0.3) is 0 Å². The number of carboxylic acids is 1. The molecule has 0 aromatic carbocycles. The molecule has 2 saturated heterocycles. The van der Waals surface area contributed by atoms with Crippen LogP contribution in [-0.4, -0.2) is 150 Å². The van der Waals surface area contributed by atoms with E-state index in [2.05, 4.69) is 12.5 Å². The number of carbonyl (C=O) groups is 1. The van der Waals surface area contributed by atoms with Crippen LogP contribution in [-0.2, 0) is 82.5 Å². The van der Waals surface area contributed by atoms with Crippen LogP contribution in [0.5, 0.6) is 0 Å². The van der Waals surface area contributed by atoms with Crippen LogP contribution in [0.3, 0.4) is 0 Å². The van der Waals surface area contributed by atoms with Crippen LogP contribution in [0, 0.1) is 0 Å². The number of ether oxygens (including phenoxy) is 5. The zero-order valence-electron chi connectivity index (χ0n) is 20.7. The molecule has 10 atom stereocenters. The highest BCUT2D eigenvalue weighted by molar-refractivity contribution is 7.83. The summed E-state index contributed by atoms with van der Waals surface area (Å²) < 4.78 is 167. The first-order chi connectivity index (χ1) is 19.0. The second-order valence-electron chi connectivity index (χ2n) is 8.14. The van der Waals surface area contributed by atoms with Gasteiger partial charge in [-0.25, -0.2) is 17.3 Å². The topological polar surface area (TPSA) is 361 Å². The van der Waals surface area contributed by atoms with Crippen molar-refractivity contribution in [3.63, 3.8) is 0 Å². The molecule has 42 heavy (non-hydrogen) atoms. The summed E-state index contributed by atoms with van der Waals surface area (Å²) in [6, 6.07) is -2.41. The first kappa shape index (κ1) is 36.9. The third-order valence-electron chi connectivity index (χ3n) is 5.34. The maximum absolute atomic E-state index is 11.9. The van der Waals surface area contributed by atoms with Gasteiger partial charge in [-0.1, -0.05) is 0 Å². The highest BCUT2D eigenvalue weighted by Gasteiger charge is 2.56. The fourth-order valence-corrected chi connectivity index (χ4v) is 5.80. The molecule has 2 aliphatic rings. The zero-order valence-corrected chi connectivity index (χ0v) is 24.0. The van der Waals surface area contributed by atoms with Gasteiger partial charge >= 0.3 is 47.5 Å². The Balaban J connectivity index is 2.65. The van der Waals surface area contributed by atoms with Gasteiger partial charge < -0.3 is 33.9 Å². The Morgan fingerprint density at radius 3 is 1.74 bits per heavy atom. The van der Waals surface area contributed by atoms with Gasteiger partial charge in [0.15, 0.2) is 24.8 Å². The van der Waals surface area contributed by atoms with Gasteiger partial charge in [0.25, 0.3) is 0 Å². The number of aliphatic carboxylic acids is 1. The van der Waals surface area contributed by atoms with Crippen LogP contribution in [0.1, 0.15) is 0 Å². The van der Waals surface area contributed by atoms with Gasteiger partial charge in [-0.05, 0) is 0 Å². The lowest BCUT2D eigenvalue weighted by Crippen LogP contribution is -2.69. The third-order valence-corrected chi connectivity index (χ3v) is 7.27. The number of aliphatic hydroxyl groups excluding tert-OH is 1. The molecular formula is C14H25NO23S4. The van der Waals surface area contributed by atoms with E-state index in [-0.39, 0.29) is 0 Å². The Bertz CT molecular complexity index is 1380. The van der Waals surface area contributed by atoms with Crippen LogP contribution >= 0.6 is 0 Å². The lowest BCUT2D eigenvalue weighted by atomic mass is 9.96. The average Bonchev–Trinajstić information content (AvgIpc) is 2.79. The van der Waals surface area contributed by atoms with Crippen molar-refractivity contribution >= 4 is 47.5 Å². The normalized spacial score (nSPS) is 35.1. The van der Waals surface area contributed by atoms with E-state index in [1.54, 1.807) is 0 Å². The third kappa shape index (κ3) is 10.7. The van der Waals surface area contributed by atoms with E-state index < -0.39 is 115 Å². The van der Waals surface area contributed by atoms with Gasteiger partial charge in [0.2, 0.25) is 0 Å². The standard InChI is InChI=1S/C14H25NO23S4/c1-31-7-4(3-33-40(22,23)24)34-13(5(15-39(19,20)21)8(7)37-41(25,26)27)35-9-6(16)10(38-42(28,29)30)14(32-2)36-11(9)12(17)18/h4-11,13-16H,3H2,1-2H3,(H,17,18)(H,19,20,21)(H,22,23,24)(H,25,26,27)(H,28,29,30). The number of carboxylic acid groups (broad SMARTS) is 1. The predicted octanol–water partition coefficient (Wildman–Crippen LogP) is -5.12. The number of rotatable bonds is 14. The second-order valence-corrected chi connectivity index (χ2v) is 12.5. The van der Waals surface area contributed by atoms with Crippen molar-refractivity contribution in [3.8, 4) is 0 Å². The Labute approximate surface area is 237 Å². The summed E-state index contributed by atoms with van der Waals surface area (Å²) in [5.74, 6) is -1.95. The summed E-state index contributed by atoms with van der Waals surface area (Å²) in [6.45, 7) is -1.28. The van der Waals surface area contributed by atoms with Crippen molar-refractivity contribution in [2.45, 2.75) is 61.3 Å². The average molecular weight is 704 g/mol. The van der Waals surface area contributed by atoms with Crippen molar-refractivity contribution in [2.24, 2.45) is 0 Å². The first-order valence-corrected chi connectivity index (χ1v) is 16.1. The first-order valence-electron chi connectivity index (χ1n) is 10.6. The number of hydrogen-bond acceptors (Lipinski definition) is 18. The van der Waals surface area contributed by atoms with E-state index in [1.807, 2.05) is 0 Å². The van der Waals surface area contributed by atoms with Crippen LogP contribution in [0.4, 0.5) is 0 Å². The van der Waals surface area contributed by atoms with E-state index in [9.17, 15) is 57.8 Å². The molecule has 10 unspecified atom stereocenters. The summed E-state index contributed by atoms with van der Waals surface area (Å²) in [5.41, 5.74) is 0. The summed E-state index contributed by atoms with van der Waals surface area (Å²) in [6.07, 6.45) is -20.4. The smallest absolute Gasteiger partial charge is 0.397 e. The van der Waals surface area contributed by atoms with E-state index in [1.165, 1.54) is 4.72 Å². The molecule has 2 aliphatic heterocycles. The molecule has 0 radical (unpaired) electrons. The lowest BCUT2D eigenvalue weighted by Gasteiger charge is -2.47. The summed E-state index contributed by atoms with van der Waals surface area (Å²) in [7, 11) is -20.0. The number of aliphatic hydroxyl groups is 1. The minimum absolute atomic E-state index is 0.807. The molecule has 2 rings (SSSR count). The van der Waals surface area contributed by atoms with Crippen molar-refractivity contribution in [1.29, 1.82) is 0 Å². The molecule has 0 aliphatic carbocycles. The van der Waals surface area contributed by atoms with Gasteiger partial charge in [0.1, 0.15) is 36.6 Å². The molecule has 0 aromatic rings. The van der Waals surface area contributed by atoms with E-state index in [0.29, 0.717) is 0 Å². The zero-order chi connectivity index (χ0) is 32.4. The highest BCUT2D eigenvalue weighted by Crippen LogP contribution is 2.33. The maximum atomic E-state index is 11.9. The summed E-state index contributed by atoms with van der Waals surface area (Å²) >= 11 is 0. The van der Waals surface area contributed by atoms with Crippen molar-refractivity contribution in [2.75, 3.05) is 20.8 Å². The van der Waals surface area contributed by atoms with Gasteiger partial charge in [-0.15, -0.1) is 0 Å². The Hall–Kier alpha value is -1.29. The SMILES string of the molecule is COC1OC(C(=O)O)C(OC2OC(COS(=O)(=O)O)C(OC)C(OS(=O)(=O)O)C2NS(=O)(=O)O)C(O)C1OS(=O)(=O)O. The van der Waals surface area contributed by atoms with Crippen molar-refractivity contribution < 1.29 is 103 Å². The minimum Gasteiger partial charge on any atom is -0.479 e. The van der Waals surface area contributed by atoms with E-state index in [0.717, 1.165) is 14.2 Å². The molecule has 2 fully saturated rings. The van der Waals surface area contributed by atoms with E-state index in [4.69, 9.17) is 32.8 Å². The predicted molar refractivity (Wildman–Crippen MR) is 122 cm³/mol. The Morgan fingerprint density at radius 1 is 0.762 bits per heavy atom. The second kappa shape index (κ2) is 13.8. The van der Waals surface area contributed by atoms with Gasteiger partial charge in [0, 0.05) is 14.2 Å². The fourth-order valence-electron chi connectivity index (χ4n) is 3.91. The highest BCUT2D eigenvalue weighted by atomic mass is 32.3. The molecule has 0 amide bonds. The number of nitrogens with one attached hydrogen (secondary N) is 1. The largest absolute Gasteiger partial charge is 0.479 e. The van der Waals surface area contributed by atoms with Crippen LogP contribution < -0.4 is 4.72 Å². The van der Waals surface area contributed by atoms with Crippen LogP contribution in [0.2, 0.25) is 0 Å². The molecule has 0 aromatic heterocycles. The molecule has 28 heteroatoms. The van der Waals surface area contributed by atoms with Gasteiger partial charge in [0.05, 0.1) is 6.61 Å². The molecule has 0 bridgehead atoms. The molecule has 7 N–H and O–H groups in total. The van der Waals surface area contributed by atoms with Crippen molar-refractivity contribution in [3.05, 3.63) is 0 Å². The summed E-state index contributed by atoms with van der Waals surface area (Å²) in [4.78, 5) is 11.9. The fraction of sp³-hybridized carbons (Fsp3) is 0.929. The molecular weight excluding hydrogens is 678 g/mol. The van der Waals surface area contributed by atoms with E-state index >= 15 is 0 Å². The lowest BCUT2D eigenvalue weighted by molar-refractivity contribution is -0.334.